The number of aryl methyl sites for hydroxylation is 4. The fraction of sp³-hybridized carbons (Fsp3) is 0.185. The van der Waals surface area contributed by atoms with Gasteiger partial charge in [0.15, 0.2) is 0 Å². The smallest absolute Gasteiger partial charge is 0.300 e. The predicted octanol–water partition coefficient (Wildman–Crippen LogP) is 5.91. The Morgan fingerprint density at radius 3 is 2.09 bits per heavy atom. The van der Waals surface area contributed by atoms with Gasteiger partial charge in [0.25, 0.3) is 11.7 Å². The number of nitrogens with zero attached hydrogens (tertiary/aromatic N) is 1. The van der Waals surface area contributed by atoms with E-state index >= 15 is 0 Å². The van der Waals surface area contributed by atoms with Gasteiger partial charge in [0.2, 0.25) is 0 Å². The Balaban J connectivity index is 1.98. The van der Waals surface area contributed by atoms with E-state index in [4.69, 9.17) is 11.6 Å². The SMILES string of the molecule is Cc1ccc(/C(O)=C2\C(=O)C(=O)N(c3ccc(C)c(C)c3)C2c2ccc(O)c(Cl)c2)cc1C. The van der Waals surface area contributed by atoms with Crippen molar-refractivity contribution in [1.82, 2.24) is 0 Å². The number of aliphatic hydroxyl groups excluding tert-OH is 1. The van der Waals surface area contributed by atoms with Gasteiger partial charge in [-0.1, -0.05) is 35.9 Å². The highest BCUT2D eigenvalue weighted by Crippen LogP contribution is 2.43. The zero-order chi connectivity index (χ0) is 24.0. The number of aliphatic hydroxyl groups is 1. The van der Waals surface area contributed by atoms with Crippen LogP contribution in [0.1, 0.15) is 39.4 Å². The van der Waals surface area contributed by atoms with Crippen LogP contribution in [0.15, 0.2) is 60.2 Å². The van der Waals surface area contributed by atoms with Crippen molar-refractivity contribution in [3.63, 3.8) is 0 Å². The summed E-state index contributed by atoms with van der Waals surface area (Å²) in [4.78, 5) is 27.9. The van der Waals surface area contributed by atoms with E-state index in [1.165, 1.54) is 17.0 Å². The number of amides is 1. The number of aromatic hydroxyl groups is 1. The molecule has 0 bridgehead atoms. The molecule has 0 saturated carbocycles. The van der Waals surface area contributed by atoms with Gasteiger partial charge in [0, 0.05) is 11.3 Å². The lowest BCUT2D eigenvalue weighted by Gasteiger charge is -2.26. The number of phenols is 1. The molecule has 0 spiro atoms. The van der Waals surface area contributed by atoms with Gasteiger partial charge in [0.1, 0.15) is 11.5 Å². The van der Waals surface area contributed by atoms with Crippen LogP contribution in [-0.4, -0.2) is 21.9 Å². The van der Waals surface area contributed by atoms with Crippen LogP contribution >= 0.6 is 11.6 Å². The quantitative estimate of drug-likeness (QED) is 0.289. The molecule has 0 radical (unpaired) electrons. The molecule has 1 aliphatic rings. The maximum Gasteiger partial charge on any atom is 0.300 e. The predicted molar refractivity (Wildman–Crippen MR) is 130 cm³/mol. The van der Waals surface area contributed by atoms with Crippen LogP contribution in [0.5, 0.6) is 5.75 Å². The molecular weight excluding hydrogens is 438 g/mol. The Labute approximate surface area is 197 Å². The van der Waals surface area contributed by atoms with E-state index in [1.54, 1.807) is 24.3 Å². The maximum absolute atomic E-state index is 13.3. The van der Waals surface area contributed by atoms with E-state index in [-0.39, 0.29) is 22.1 Å². The lowest BCUT2D eigenvalue weighted by Crippen LogP contribution is -2.29. The number of phenolic OH excluding ortho intramolecular Hbond substituents is 1. The number of carbonyl (C=O) groups excluding carboxylic acids is 2. The van der Waals surface area contributed by atoms with Crippen LogP contribution in [0.3, 0.4) is 0 Å². The van der Waals surface area contributed by atoms with Crippen molar-refractivity contribution in [2.45, 2.75) is 33.7 Å². The maximum atomic E-state index is 13.3. The molecule has 3 aromatic rings. The summed E-state index contributed by atoms with van der Waals surface area (Å²) >= 11 is 6.17. The summed E-state index contributed by atoms with van der Waals surface area (Å²) in [6, 6.07) is 14.5. The standard InChI is InChI=1S/C27H24ClNO4/c1-14-5-7-19(11-16(14)3)25(31)23-24(18-8-10-22(30)21(28)13-18)29(27(33)26(23)32)20-9-6-15(2)17(4)12-20/h5-13,24,30-31H,1-4H3/b25-23+. The fourth-order valence-electron chi connectivity index (χ4n) is 4.03. The summed E-state index contributed by atoms with van der Waals surface area (Å²) in [6.07, 6.45) is 0. The summed E-state index contributed by atoms with van der Waals surface area (Å²) in [5.74, 6) is -1.88. The molecule has 1 fully saturated rings. The zero-order valence-electron chi connectivity index (χ0n) is 18.8. The van der Waals surface area contributed by atoms with Crippen molar-refractivity contribution in [3.05, 3.63) is 98.6 Å². The molecule has 168 valence electrons. The summed E-state index contributed by atoms with van der Waals surface area (Å²) < 4.78 is 0. The lowest BCUT2D eigenvalue weighted by molar-refractivity contribution is -0.132. The van der Waals surface area contributed by atoms with Crippen LogP contribution in [0, 0.1) is 27.7 Å². The first kappa shape index (κ1) is 22.6. The first-order valence-electron chi connectivity index (χ1n) is 10.5. The second-order valence-corrected chi connectivity index (χ2v) is 8.85. The average Bonchev–Trinajstić information content (AvgIpc) is 3.04. The Kier molecular flexibility index (Phi) is 5.76. The number of hydrogen-bond acceptors (Lipinski definition) is 4. The van der Waals surface area contributed by atoms with Gasteiger partial charge < -0.3 is 10.2 Å². The normalized spacial score (nSPS) is 17.6. The van der Waals surface area contributed by atoms with Crippen LogP contribution in [0.4, 0.5) is 5.69 Å². The molecule has 0 aromatic heterocycles. The number of Topliss-reactive ketones (excluding diaryl/α,β-unsaturated/α-hetero) is 1. The minimum atomic E-state index is -0.910. The van der Waals surface area contributed by atoms with E-state index < -0.39 is 17.7 Å². The molecule has 2 N–H and O–H groups in total. The van der Waals surface area contributed by atoms with Crippen LogP contribution in [-0.2, 0) is 9.59 Å². The number of hydrogen-bond donors (Lipinski definition) is 2. The Hall–Kier alpha value is -3.57. The molecule has 1 aliphatic heterocycles. The molecule has 3 aromatic carbocycles. The fourth-order valence-corrected chi connectivity index (χ4v) is 4.22. The highest BCUT2D eigenvalue weighted by molar-refractivity contribution is 6.51. The first-order valence-corrected chi connectivity index (χ1v) is 10.9. The molecule has 33 heavy (non-hydrogen) atoms. The van der Waals surface area contributed by atoms with Gasteiger partial charge >= 0.3 is 0 Å². The van der Waals surface area contributed by atoms with Crippen molar-refractivity contribution >= 4 is 34.7 Å². The van der Waals surface area contributed by atoms with Gasteiger partial charge in [-0.05, 0) is 85.8 Å². The van der Waals surface area contributed by atoms with Crippen molar-refractivity contribution in [1.29, 1.82) is 0 Å². The molecular formula is C27H24ClNO4. The third-order valence-electron chi connectivity index (χ3n) is 6.28. The van der Waals surface area contributed by atoms with Crippen molar-refractivity contribution in [2.24, 2.45) is 0 Å². The van der Waals surface area contributed by atoms with E-state index in [0.29, 0.717) is 16.8 Å². The molecule has 1 unspecified atom stereocenters. The summed E-state index contributed by atoms with van der Waals surface area (Å²) in [5, 5.41) is 21.2. The van der Waals surface area contributed by atoms with E-state index in [0.717, 1.165) is 22.3 Å². The Morgan fingerprint density at radius 2 is 1.48 bits per heavy atom. The Bertz CT molecular complexity index is 1340. The average molecular weight is 462 g/mol. The molecule has 5 nitrogen and oxygen atoms in total. The van der Waals surface area contributed by atoms with Crippen LogP contribution < -0.4 is 4.90 Å². The monoisotopic (exact) mass is 461 g/mol. The molecule has 4 rings (SSSR count). The van der Waals surface area contributed by atoms with E-state index in [1.807, 2.05) is 45.9 Å². The van der Waals surface area contributed by atoms with Gasteiger partial charge in [-0.25, -0.2) is 0 Å². The Morgan fingerprint density at radius 1 is 0.848 bits per heavy atom. The van der Waals surface area contributed by atoms with Gasteiger partial charge in [0.05, 0.1) is 16.6 Å². The number of benzene rings is 3. The number of rotatable bonds is 3. The molecule has 1 saturated heterocycles. The molecule has 1 atom stereocenters. The van der Waals surface area contributed by atoms with Crippen molar-refractivity contribution < 1.29 is 19.8 Å². The second kappa shape index (κ2) is 8.41. The summed E-state index contributed by atoms with van der Waals surface area (Å²) in [5.41, 5.74) is 5.47. The highest BCUT2D eigenvalue weighted by atomic mass is 35.5. The van der Waals surface area contributed by atoms with E-state index in [9.17, 15) is 19.8 Å². The molecule has 6 heteroatoms. The van der Waals surface area contributed by atoms with Gasteiger partial charge in [-0.2, -0.15) is 0 Å². The number of halogens is 1. The summed E-state index contributed by atoms with van der Waals surface area (Å²) in [7, 11) is 0. The summed E-state index contributed by atoms with van der Waals surface area (Å²) in [6.45, 7) is 7.76. The third kappa shape index (κ3) is 3.89. The van der Waals surface area contributed by atoms with E-state index in [2.05, 4.69) is 0 Å². The molecule has 1 heterocycles. The van der Waals surface area contributed by atoms with Crippen molar-refractivity contribution in [3.8, 4) is 5.75 Å². The lowest BCUT2D eigenvalue weighted by atomic mass is 9.94. The number of anilines is 1. The number of ketones is 1. The highest BCUT2D eigenvalue weighted by Gasteiger charge is 2.47. The third-order valence-corrected chi connectivity index (χ3v) is 6.58. The second-order valence-electron chi connectivity index (χ2n) is 8.45. The first-order chi connectivity index (χ1) is 15.6. The minimum Gasteiger partial charge on any atom is -0.507 e. The van der Waals surface area contributed by atoms with Crippen LogP contribution in [0.2, 0.25) is 5.02 Å². The zero-order valence-corrected chi connectivity index (χ0v) is 19.6. The largest absolute Gasteiger partial charge is 0.507 e. The van der Waals surface area contributed by atoms with Gasteiger partial charge in [-0.15, -0.1) is 0 Å². The number of carbonyl (C=O) groups is 2. The van der Waals surface area contributed by atoms with Crippen LogP contribution in [0.25, 0.3) is 5.76 Å². The van der Waals surface area contributed by atoms with Gasteiger partial charge in [-0.3, -0.25) is 14.5 Å². The molecule has 1 amide bonds. The minimum absolute atomic E-state index is 0.0248. The topological polar surface area (TPSA) is 77.8 Å². The van der Waals surface area contributed by atoms with Crippen molar-refractivity contribution in [2.75, 3.05) is 4.90 Å². The molecule has 0 aliphatic carbocycles.